The Labute approximate surface area is 111 Å². The fourth-order valence-corrected chi connectivity index (χ4v) is 2.02. The molecule has 0 aliphatic carbocycles. The Balaban J connectivity index is 2.28. The van der Waals surface area contributed by atoms with Crippen molar-refractivity contribution >= 4 is 17.5 Å². The van der Waals surface area contributed by atoms with Gasteiger partial charge < -0.3 is 10.8 Å². The number of piperazine rings is 1. The minimum atomic E-state index is -0.815. The van der Waals surface area contributed by atoms with E-state index in [-0.39, 0.29) is 30.7 Å². The summed E-state index contributed by atoms with van der Waals surface area (Å²) in [6, 6.07) is 4.74. The molecule has 6 nitrogen and oxygen atoms in total. The van der Waals surface area contributed by atoms with Crippen LogP contribution in [0.1, 0.15) is 19.4 Å². The highest BCUT2D eigenvalue weighted by molar-refractivity contribution is 6.02. The summed E-state index contributed by atoms with van der Waals surface area (Å²) in [5.41, 5.74) is 5.98. The molecule has 0 bridgehead atoms. The van der Waals surface area contributed by atoms with Crippen LogP contribution in [0.4, 0.5) is 5.69 Å². The zero-order valence-electron chi connectivity index (χ0n) is 10.9. The maximum absolute atomic E-state index is 11.8. The predicted octanol–water partition coefficient (Wildman–Crippen LogP) is 0.211. The third kappa shape index (κ3) is 2.53. The van der Waals surface area contributed by atoms with Crippen LogP contribution >= 0.6 is 0 Å². The van der Waals surface area contributed by atoms with Crippen molar-refractivity contribution in [1.82, 2.24) is 10.2 Å². The molecule has 0 radical (unpaired) electrons. The van der Waals surface area contributed by atoms with E-state index in [4.69, 9.17) is 5.73 Å². The fourth-order valence-electron chi connectivity index (χ4n) is 2.02. The lowest BCUT2D eigenvalue weighted by atomic mass is 9.97. The van der Waals surface area contributed by atoms with Crippen molar-refractivity contribution in [2.24, 2.45) is 0 Å². The second-order valence-electron chi connectivity index (χ2n) is 5.18. The summed E-state index contributed by atoms with van der Waals surface area (Å²) >= 11 is 0. The SMILES string of the molecule is CC1(C)C(=O)NC(=O)CN1Cc1cc(N)ccc1O. The largest absolute Gasteiger partial charge is 0.508 e. The second kappa shape index (κ2) is 4.55. The standard InChI is InChI=1S/C13H17N3O3/c1-13(2)12(19)15-11(18)7-16(13)6-8-5-9(14)3-4-10(8)17/h3-5,17H,6-7,14H2,1-2H3,(H,15,18,19). The molecule has 0 spiro atoms. The maximum Gasteiger partial charge on any atom is 0.246 e. The molecule has 0 saturated carbocycles. The van der Waals surface area contributed by atoms with Crippen LogP contribution in [0, 0.1) is 0 Å². The molecule has 2 rings (SSSR count). The molecule has 1 aromatic rings. The number of amides is 2. The third-order valence-electron chi connectivity index (χ3n) is 3.40. The highest BCUT2D eigenvalue weighted by atomic mass is 16.3. The molecule has 102 valence electrons. The van der Waals surface area contributed by atoms with Gasteiger partial charge >= 0.3 is 0 Å². The predicted molar refractivity (Wildman–Crippen MR) is 70.2 cm³/mol. The van der Waals surface area contributed by atoms with Crippen molar-refractivity contribution in [3.8, 4) is 5.75 Å². The molecule has 0 atom stereocenters. The number of phenols is 1. The van der Waals surface area contributed by atoms with Gasteiger partial charge in [-0.05, 0) is 32.0 Å². The quantitative estimate of drug-likeness (QED) is 0.403. The van der Waals surface area contributed by atoms with Crippen LogP contribution in [0.5, 0.6) is 5.75 Å². The Kier molecular flexibility index (Phi) is 3.20. The molecule has 4 N–H and O–H groups in total. The van der Waals surface area contributed by atoms with Gasteiger partial charge in [-0.2, -0.15) is 0 Å². The van der Waals surface area contributed by atoms with E-state index in [0.717, 1.165) is 0 Å². The van der Waals surface area contributed by atoms with Crippen LogP contribution in [-0.4, -0.2) is 33.9 Å². The zero-order chi connectivity index (χ0) is 14.2. The summed E-state index contributed by atoms with van der Waals surface area (Å²) in [6.07, 6.45) is 0. The topological polar surface area (TPSA) is 95.7 Å². The first-order chi connectivity index (χ1) is 8.80. The maximum atomic E-state index is 11.8. The van der Waals surface area contributed by atoms with Gasteiger partial charge in [0.1, 0.15) is 5.75 Å². The second-order valence-corrected chi connectivity index (χ2v) is 5.18. The summed E-state index contributed by atoms with van der Waals surface area (Å²) in [4.78, 5) is 25.0. The highest BCUT2D eigenvalue weighted by Gasteiger charge is 2.40. The average molecular weight is 263 g/mol. The normalized spacial score (nSPS) is 19.3. The van der Waals surface area contributed by atoms with E-state index >= 15 is 0 Å². The summed E-state index contributed by atoms with van der Waals surface area (Å²) in [6.45, 7) is 3.85. The molecule has 2 amide bonds. The number of nitrogens with zero attached hydrogens (tertiary/aromatic N) is 1. The van der Waals surface area contributed by atoms with Crippen molar-refractivity contribution in [2.45, 2.75) is 25.9 Å². The van der Waals surface area contributed by atoms with E-state index in [2.05, 4.69) is 5.32 Å². The number of anilines is 1. The number of imide groups is 1. The molecule has 0 unspecified atom stereocenters. The lowest BCUT2D eigenvalue weighted by Crippen LogP contribution is -2.63. The smallest absolute Gasteiger partial charge is 0.246 e. The number of carbonyl (C=O) groups excluding carboxylic acids is 2. The number of hydrogen-bond donors (Lipinski definition) is 3. The van der Waals surface area contributed by atoms with E-state index < -0.39 is 5.54 Å². The van der Waals surface area contributed by atoms with Gasteiger partial charge in [0.15, 0.2) is 0 Å². The molecule has 1 aliphatic rings. The first-order valence-corrected chi connectivity index (χ1v) is 5.97. The van der Waals surface area contributed by atoms with E-state index in [1.165, 1.54) is 6.07 Å². The number of hydrogen-bond acceptors (Lipinski definition) is 5. The summed E-state index contributed by atoms with van der Waals surface area (Å²) in [5.74, 6) is -0.580. The van der Waals surface area contributed by atoms with Gasteiger partial charge in [0.05, 0.1) is 12.1 Å². The number of benzene rings is 1. The van der Waals surface area contributed by atoms with E-state index in [0.29, 0.717) is 11.3 Å². The van der Waals surface area contributed by atoms with Crippen LogP contribution in [0.3, 0.4) is 0 Å². The Morgan fingerprint density at radius 2 is 2.11 bits per heavy atom. The van der Waals surface area contributed by atoms with Crippen molar-refractivity contribution < 1.29 is 14.7 Å². The molecule has 1 fully saturated rings. The van der Waals surface area contributed by atoms with Crippen LogP contribution < -0.4 is 11.1 Å². The van der Waals surface area contributed by atoms with E-state index in [1.54, 1.807) is 30.9 Å². The number of nitrogens with two attached hydrogens (primary N) is 1. The van der Waals surface area contributed by atoms with Crippen molar-refractivity contribution in [2.75, 3.05) is 12.3 Å². The molecule has 1 aliphatic heterocycles. The summed E-state index contributed by atoms with van der Waals surface area (Å²) < 4.78 is 0. The number of nitrogens with one attached hydrogen (secondary N) is 1. The van der Waals surface area contributed by atoms with Gasteiger partial charge in [-0.15, -0.1) is 0 Å². The summed E-state index contributed by atoms with van der Waals surface area (Å²) in [5, 5.41) is 12.1. The molecule has 1 aromatic carbocycles. The van der Waals surface area contributed by atoms with Gasteiger partial charge in [-0.1, -0.05) is 0 Å². The lowest BCUT2D eigenvalue weighted by Gasteiger charge is -2.40. The van der Waals surface area contributed by atoms with Crippen molar-refractivity contribution in [1.29, 1.82) is 0 Å². The van der Waals surface area contributed by atoms with Gasteiger partial charge in [0, 0.05) is 17.8 Å². The Morgan fingerprint density at radius 3 is 2.79 bits per heavy atom. The number of phenolic OH excluding ortho intramolecular Hbond substituents is 1. The fraction of sp³-hybridized carbons (Fsp3) is 0.385. The number of rotatable bonds is 2. The first-order valence-electron chi connectivity index (χ1n) is 5.97. The van der Waals surface area contributed by atoms with Crippen molar-refractivity contribution in [3.63, 3.8) is 0 Å². The van der Waals surface area contributed by atoms with Gasteiger partial charge in [-0.3, -0.25) is 19.8 Å². The van der Waals surface area contributed by atoms with Crippen LogP contribution in [-0.2, 0) is 16.1 Å². The van der Waals surface area contributed by atoms with Gasteiger partial charge in [-0.25, -0.2) is 0 Å². The van der Waals surface area contributed by atoms with Crippen LogP contribution in [0.25, 0.3) is 0 Å². The minimum absolute atomic E-state index is 0.100. The highest BCUT2D eigenvalue weighted by Crippen LogP contribution is 2.26. The van der Waals surface area contributed by atoms with Gasteiger partial charge in [0.25, 0.3) is 0 Å². The molecule has 1 heterocycles. The Hall–Kier alpha value is -2.08. The number of carbonyl (C=O) groups is 2. The lowest BCUT2D eigenvalue weighted by molar-refractivity contribution is -0.145. The van der Waals surface area contributed by atoms with Crippen LogP contribution in [0.2, 0.25) is 0 Å². The number of aromatic hydroxyl groups is 1. The molecule has 1 saturated heterocycles. The molecule has 6 heteroatoms. The van der Waals surface area contributed by atoms with Crippen molar-refractivity contribution in [3.05, 3.63) is 23.8 Å². The Morgan fingerprint density at radius 1 is 1.42 bits per heavy atom. The van der Waals surface area contributed by atoms with E-state index in [9.17, 15) is 14.7 Å². The van der Waals surface area contributed by atoms with Crippen LogP contribution in [0.15, 0.2) is 18.2 Å². The molecular formula is C13H17N3O3. The Bertz CT molecular complexity index is 540. The third-order valence-corrected chi connectivity index (χ3v) is 3.40. The zero-order valence-corrected chi connectivity index (χ0v) is 10.9. The molecule has 0 aromatic heterocycles. The first kappa shape index (κ1) is 13.4. The minimum Gasteiger partial charge on any atom is -0.508 e. The van der Waals surface area contributed by atoms with Gasteiger partial charge in [0.2, 0.25) is 11.8 Å². The summed E-state index contributed by atoms with van der Waals surface area (Å²) in [7, 11) is 0. The van der Waals surface area contributed by atoms with E-state index in [1.807, 2.05) is 0 Å². The molecule has 19 heavy (non-hydrogen) atoms. The molecular weight excluding hydrogens is 246 g/mol. The number of nitrogen functional groups attached to an aromatic ring is 1. The average Bonchev–Trinajstić information content (AvgIpc) is 2.31. The monoisotopic (exact) mass is 263 g/mol.